The van der Waals surface area contributed by atoms with Crippen molar-refractivity contribution in [1.82, 2.24) is 4.90 Å². The molecule has 21 heavy (non-hydrogen) atoms. The molecule has 0 aliphatic carbocycles. The highest BCUT2D eigenvalue weighted by atomic mass is 32.2. The molecule has 1 saturated heterocycles. The summed E-state index contributed by atoms with van der Waals surface area (Å²) in [5.74, 6) is 1.69. The minimum Gasteiger partial charge on any atom is -0.296 e. The first-order chi connectivity index (χ1) is 9.92. The summed E-state index contributed by atoms with van der Waals surface area (Å²) in [6, 6.07) is 2.37. The van der Waals surface area contributed by atoms with Crippen LogP contribution in [0.25, 0.3) is 0 Å². The van der Waals surface area contributed by atoms with Gasteiger partial charge in [-0.3, -0.25) is 9.11 Å². The summed E-state index contributed by atoms with van der Waals surface area (Å²) in [4.78, 5) is 5.44. The summed E-state index contributed by atoms with van der Waals surface area (Å²) < 4.78 is 11.4. The Morgan fingerprint density at radius 3 is 2.38 bits per heavy atom. The van der Waals surface area contributed by atoms with Gasteiger partial charge in [-0.25, -0.2) is 0 Å². The minimum absolute atomic E-state index is 0.289. The van der Waals surface area contributed by atoms with Crippen molar-refractivity contribution in [3.63, 3.8) is 0 Å². The average Bonchev–Trinajstić information content (AvgIpc) is 2.86. The standard InChI is InChI=1S/C15H25NOS2.C2H6/c1-5-15(3,4)14-10-12(2)13(18-14)11-16-6-8-19(17)9-7-16;1-2/h10H,5-9,11H2,1-4H3;1-2H3. The van der Waals surface area contributed by atoms with E-state index in [-0.39, 0.29) is 5.41 Å². The second kappa shape index (κ2) is 8.44. The van der Waals surface area contributed by atoms with Gasteiger partial charge in [0, 0.05) is 51.7 Å². The van der Waals surface area contributed by atoms with Gasteiger partial charge in [0.05, 0.1) is 0 Å². The lowest BCUT2D eigenvalue weighted by Gasteiger charge is -2.26. The van der Waals surface area contributed by atoms with Crippen molar-refractivity contribution in [2.45, 2.75) is 59.9 Å². The van der Waals surface area contributed by atoms with Gasteiger partial charge in [0.25, 0.3) is 0 Å². The summed E-state index contributed by atoms with van der Waals surface area (Å²) in [6.45, 7) is 16.1. The van der Waals surface area contributed by atoms with E-state index in [2.05, 4.69) is 38.7 Å². The Kier molecular flexibility index (Phi) is 7.58. The van der Waals surface area contributed by atoms with Gasteiger partial charge in [-0.05, 0) is 30.4 Å². The molecule has 2 nitrogen and oxygen atoms in total. The number of thiophene rings is 1. The summed E-state index contributed by atoms with van der Waals surface area (Å²) in [5, 5.41) is 0. The van der Waals surface area contributed by atoms with Crippen LogP contribution in [-0.2, 0) is 22.8 Å². The Hall–Kier alpha value is -0.190. The third-order valence-electron chi connectivity index (χ3n) is 4.21. The van der Waals surface area contributed by atoms with Crippen LogP contribution in [0.2, 0.25) is 0 Å². The summed E-state index contributed by atoms with van der Waals surface area (Å²) in [5.41, 5.74) is 1.71. The molecule has 2 heterocycles. The molecule has 0 atom stereocenters. The topological polar surface area (TPSA) is 20.3 Å². The first-order valence-electron chi connectivity index (χ1n) is 8.09. The molecule has 2 rings (SSSR count). The van der Waals surface area contributed by atoms with Crippen LogP contribution in [-0.4, -0.2) is 33.7 Å². The first kappa shape index (κ1) is 18.9. The van der Waals surface area contributed by atoms with Crippen LogP contribution in [0.15, 0.2) is 6.07 Å². The zero-order valence-electron chi connectivity index (χ0n) is 14.5. The average molecular weight is 330 g/mol. The fourth-order valence-electron chi connectivity index (χ4n) is 2.22. The summed E-state index contributed by atoms with van der Waals surface area (Å²) in [7, 11) is -0.573. The number of aryl methyl sites for hydroxylation is 1. The molecule has 0 amide bonds. The number of nitrogens with zero attached hydrogens (tertiary/aromatic N) is 1. The molecule has 122 valence electrons. The van der Waals surface area contributed by atoms with Gasteiger partial charge in [-0.2, -0.15) is 0 Å². The maximum atomic E-state index is 11.4. The lowest BCUT2D eigenvalue weighted by molar-refractivity contribution is 0.293. The summed E-state index contributed by atoms with van der Waals surface area (Å²) >= 11 is 1.97. The minimum atomic E-state index is -0.573. The van der Waals surface area contributed by atoms with Crippen molar-refractivity contribution in [1.29, 1.82) is 0 Å². The second-order valence-corrected chi connectivity index (χ2v) is 8.91. The Labute approximate surface area is 137 Å². The molecular formula is C17H31NOS2. The molecule has 1 aromatic heterocycles. The van der Waals surface area contributed by atoms with Crippen molar-refractivity contribution < 1.29 is 4.21 Å². The molecule has 1 aliphatic heterocycles. The fraction of sp³-hybridized carbons (Fsp3) is 0.765. The van der Waals surface area contributed by atoms with Crippen LogP contribution in [0, 0.1) is 6.92 Å². The van der Waals surface area contributed by atoms with Gasteiger partial charge in [0.1, 0.15) is 0 Å². The van der Waals surface area contributed by atoms with E-state index in [1.807, 2.05) is 25.2 Å². The van der Waals surface area contributed by atoms with Crippen molar-refractivity contribution >= 4 is 22.1 Å². The number of hydrogen-bond acceptors (Lipinski definition) is 3. The maximum Gasteiger partial charge on any atom is 0.0363 e. The molecular weight excluding hydrogens is 298 g/mol. The Morgan fingerprint density at radius 2 is 1.86 bits per heavy atom. The van der Waals surface area contributed by atoms with Gasteiger partial charge >= 0.3 is 0 Å². The van der Waals surface area contributed by atoms with Crippen molar-refractivity contribution in [3.8, 4) is 0 Å². The largest absolute Gasteiger partial charge is 0.296 e. The van der Waals surface area contributed by atoms with Crippen LogP contribution in [0.1, 0.15) is 56.4 Å². The van der Waals surface area contributed by atoms with Crippen LogP contribution in [0.4, 0.5) is 0 Å². The smallest absolute Gasteiger partial charge is 0.0363 e. The summed E-state index contributed by atoms with van der Waals surface area (Å²) in [6.07, 6.45) is 1.18. The molecule has 4 heteroatoms. The molecule has 0 N–H and O–H groups in total. The molecule has 1 aliphatic rings. The van der Waals surface area contributed by atoms with Crippen LogP contribution in [0.5, 0.6) is 0 Å². The molecule has 0 radical (unpaired) electrons. The molecule has 0 saturated carbocycles. The molecule has 1 aromatic rings. The predicted molar refractivity (Wildman–Crippen MR) is 96.9 cm³/mol. The van der Waals surface area contributed by atoms with Crippen molar-refractivity contribution in [2.75, 3.05) is 24.6 Å². The first-order valence-corrected chi connectivity index (χ1v) is 10.4. The van der Waals surface area contributed by atoms with Gasteiger partial charge in [-0.1, -0.05) is 34.6 Å². The van der Waals surface area contributed by atoms with E-state index in [1.54, 1.807) is 0 Å². The van der Waals surface area contributed by atoms with Gasteiger partial charge < -0.3 is 0 Å². The third-order valence-corrected chi connectivity index (χ3v) is 7.07. The SMILES string of the molecule is CC.CCC(C)(C)c1cc(C)c(CN2CCS(=O)CC2)s1. The van der Waals surface area contributed by atoms with E-state index >= 15 is 0 Å². The quantitative estimate of drug-likeness (QED) is 0.819. The van der Waals surface area contributed by atoms with Crippen LogP contribution < -0.4 is 0 Å². The molecule has 0 unspecified atom stereocenters. The van der Waals surface area contributed by atoms with Crippen LogP contribution in [0.3, 0.4) is 0 Å². The van der Waals surface area contributed by atoms with Gasteiger partial charge in [0.2, 0.25) is 0 Å². The number of rotatable bonds is 4. The lowest BCUT2D eigenvalue weighted by atomic mass is 9.88. The normalized spacial score (nSPS) is 17.4. The monoisotopic (exact) mass is 329 g/mol. The van der Waals surface area contributed by atoms with Crippen molar-refractivity contribution in [2.24, 2.45) is 0 Å². The van der Waals surface area contributed by atoms with Gasteiger partial charge in [-0.15, -0.1) is 11.3 Å². The Balaban J connectivity index is 0.00000106. The molecule has 0 aromatic carbocycles. The van der Waals surface area contributed by atoms with Gasteiger partial charge in [0.15, 0.2) is 0 Å². The molecule has 0 bridgehead atoms. The Morgan fingerprint density at radius 1 is 1.29 bits per heavy atom. The lowest BCUT2D eigenvalue weighted by Crippen LogP contribution is -2.37. The fourth-order valence-corrected chi connectivity index (χ4v) is 4.74. The van der Waals surface area contributed by atoms with Crippen LogP contribution >= 0.6 is 11.3 Å². The van der Waals surface area contributed by atoms with Crippen molar-refractivity contribution in [3.05, 3.63) is 21.4 Å². The Bertz CT molecular complexity index is 455. The highest BCUT2D eigenvalue weighted by Gasteiger charge is 2.23. The maximum absolute atomic E-state index is 11.4. The highest BCUT2D eigenvalue weighted by molar-refractivity contribution is 7.85. The zero-order chi connectivity index (χ0) is 16.0. The molecule has 1 fully saturated rings. The number of hydrogen-bond donors (Lipinski definition) is 0. The zero-order valence-corrected chi connectivity index (χ0v) is 16.1. The predicted octanol–water partition coefficient (Wildman–Crippen LogP) is 4.33. The van der Waals surface area contributed by atoms with E-state index in [1.165, 1.54) is 21.7 Å². The van der Waals surface area contributed by atoms with E-state index in [9.17, 15) is 4.21 Å². The van der Waals surface area contributed by atoms with E-state index in [4.69, 9.17) is 0 Å². The third kappa shape index (κ3) is 5.19. The van der Waals surface area contributed by atoms with E-state index in [0.717, 1.165) is 31.1 Å². The highest BCUT2D eigenvalue weighted by Crippen LogP contribution is 2.35. The molecule has 0 spiro atoms. The van der Waals surface area contributed by atoms with E-state index < -0.39 is 10.8 Å². The van der Waals surface area contributed by atoms with E-state index in [0.29, 0.717) is 0 Å². The second-order valence-electron chi connectivity index (χ2n) is 6.08.